The van der Waals surface area contributed by atoms with Crippen LogP contribution < -0.4 is 11.1 Å². The van der Waals surface area contributed by atoms with Crippen molar-refractivity contribution < 1.29 is 10.2 Å². The third-order valence-corrected chi connectivity index (χ3v) is 1.99. The molecular formula is C8H14N2O2. The van der Waals surface area contributed by atoms with Crippen molar-refractivity contribution in [1.82, 2.24) is 5.32 Å². The number of dihydropyridines is 1. The predicted molar refractivity (Wildman–Crippen MR) is 46.5 cm³/mol. The van der Waals surface area contributed by atoms with Gasteiger partial charge in [-0.2, -0.15) is 0 Å². The van der Waals surface area contributed by atoms with Gasteiger partial charge in [-0.25, -0.2) is 0 Å². The molecule has 0 aromatic rings. The van der Waals surface area contributed by atoms with E-state index in [0.717, 1.165) is 0 Å². The minimum absolute atomic E-state index is 0.101. The Hall–Kier alpha value is -1.00. The molecule has 5 N–H and O–H groups in total. The lowest BCUT2D eigenvalue weighted by Gasteiger charge is -2.22. The zero-order valence-electron chi connectivity index (χ0n) is 7.04. The number of hydrogen-bond donors (Lipinski definition) is 4. The summed E-state index contributed by atoms with van der Waals surface area (Å²) in [6.45, 7) is 1.98. The molecule has 1 rings (SSSR count). The van der Waals surface area contributed by atoms with Gasteiger partial charge in [0.15, 0.2) is 0 Å². The SMILES string of the molecule is CC1NC=C(CO)C(CN)=C1O. The molecule has 1 unspecified atom stereocenters. The molecule has 0 saturated heterocycles. The summed E-state index contributed by atoms with van der Waals surface area (Å²) in [4.78, 5) is 0. The van der Waals surface area contributed by atoms with Gasteiger partial charge in [-0.1, -0.05) is 0 Å². The van der Waals surface area contributed by atoms with Crippen molar-refractivity contribution in [2.75, 3.05) is 13.2 Å². The van der Waals surface area contributed by atoms with E-state index >= 15 is 0 Å². The molecule has 4 nitrogen and oxygen atoms in total. The third-order valence-electron chi connectivity index (χ3n) is 1.99. The van der Waals surface area contributed by atoms with Crippen LogP contribution in [0, 0.1) is 0 Å². The van der Waals surface area contributed by atoms with Crippen LogP contribution in [-0.2, 0) is 0 Å². The monoisotopic (exact) mass is 170 g/mol. The fraction of sp³-hybridized carbons (Fsp3) is 0.500. The van der Waals surface area contributed by atoms with Crippen molar-refractivity contribution in [2.24, 2.45) is 5.73 Å². The van der Waals surface area contributed by atoms with Crippen molar-refractivity contribution in [3.05, 3.63) is 23.1 Å². The molecule has 0 radical (unpaired) electrons. The van der Waals surface area contributed by atoms with E-state index in [2.05, 4.69) is 5.32 Å². The predicted octanol–water partition coefficient (Wildman–Crippen LogP) is -0.375. The highest BCUT2D eigenvalue weighted by atomic mass is 16.3. The minimum Gasteiger partial charge on any atom is -0.510 e. The standard InChI is InChI=1S/C8H14N2O2/c1-5-8(12)7(2-9)6(4-11)3-10-5/h3,5,10-12H,2,4,9H2,1H3. The van der Waals surface area contributed by atoms with Gasteiger partial charge in [0.1, 0.15) is 5.76 Å². The molecule has 12 heavy (non-hydrogen) atoms. The first kappa shape index (κ1) is 9.09. The van der Waals surface area contributed by atoms with Gasteiger partial charge in [-0.05, 0) is 6.92 Å². The van der Waals surface area contributed by atoms with E-state index in [0.29, 0.717) is 11.1 Å². The van der Waals surface area contributed by atoms with Crippen LogP contribution in [0.15, 0.2) is 23.1 Å². The van der Waals surface area contributed by atoms with Crippen molar-refractivity contribution >= 4 is 0 Å². The summed E-state index contributed by atoms with van der Waals surface area (Å²) in [6, 6.07) is -0.112. The Morgan fingerprint density at radius 3 is 2.83 bits per heavy atom. The van der Waals surface area contributed by atoms with Crippen LogP contribution in [0.4, 0.5) is 0 Å². The molecular weight excluding hydrogens is 156 g/mol. The van der Waals surface area contributed by atoms with Gasteiger partial charge < -0.3 is 21.3 Å². The summed E-state index contributed by atoms with van der Waals surface area (Å²) in [5.74, 6) is 0.226. The van der Waals surface area contributed by atoms with Gasteiger partial charge >= 0.3 is 0 Å². The fourth-order valence-corrected chi connectivity index (χ4v) is 1.19. The number of hydrogen-bond acceptors (Lipinski definition) is 4. The Balaban J connectivity index is 2.95. The summed E-state index contributed by atoms with van der Waals surface area (Å²) in [6.07, 6.45) is 1.69. The first-order valence-electron chi connectivity index (χ1n) is 3.89. The normalized spacial score (nSPS) is 23.6. The van der Waals surface area contributed by atoms with Crippen molar-refractivity contribution in [1.29, 1.82) is 0 Å². The molecule has 0 amide bonds. The molecule has 0 bridgehead atoms. The summed E-state index contributed by atoms with van der Waals surface area (Å²) in [5.41, 5.74) is 6.73. The Morgan fingerprint density at radius 2 is 2.33 bits per heavy atom. The second kappa shape index (κ2) is 3.60. The minimum atomic E-state index is -0.112. The number of aliphatic hydroxyl groups excluding tert-OH is 2. The molecule has 68 valence electrons. The molecule has 0 aliphatic carbocycles. The van der Waals surface area contributed by atoms with Crippen LogP contribution in [0.2, 0.25) is 0 Å². The van der Waals surface area contributed by atoms with Gasteiger partial charge in [0, 0.05) is 23.9 Å². The highest BCUT2D eigenvalue weighted by Gasteiger charge is 2.18. The number of rotatable bonds is 2. The van der Waals surface area contributed by atoms with Gasteiger partial charge in [0.2, 0.25) is 0 Å². The maximum absolute atomic E-state index is 9.52. The van der Waals surface area contributed by atoms with E-state index in [4.69, 9.17) is 10.8 Å². The van der Waals surface area contributed by atoms with Crippen molar-refractivity contribution in [3.8, 4) is 0 Å². The van der Waals surface area contributed by atoms with E-state index < -0.39 is 0 Å². The molecule has 0 spiro atoms. The molecule has 0 fully saturated rings. The van der Waals surface area contributed by atoms with E-state index in [-0.39, 0.29) is 25.0 Å². The van der Waals surface area contributed by atoms with Crippen LogP contribution in [0.3, 0.4) is 0 Å². The van der Waals surface area contributed by atoms with Gasteiger partial charge in [-0.3, -0.25) is 0 Å². The van der Waals surface area contributed by atoms with E-state index in [1.807, 2.05) is 6.92 Å². The summed E-state index contributed by atoms with van der Waals surface area (Å²) >= 11 is 0. The molecule has 0 saturated carbocycles. The molecule has 1 heterocycles. The van der Waals surface area contributed by atoms with E-state index in [9.17, 15) is 5.11 Å². The van der Waals surface area contributed by atoms with Gasteiger partial charge in [0.25, 0.3) is 0 Å². The summed E-state index contributed by atoms with van der Waals surface area (Å²) < 4.78 is 0. The number of nitrogens with two attached hydrogens (primary N) is 1. The van der Waals surface area contributed by atoms with Crippen LogP contribution in [-0.4, -0.2) is 29.4 Å². The Morgan fingerprint density at radius 1 is 1.67 bits per heavy atom. The average Bonchev–Trinajstić information content (AvgIpc) is 2.09. The third kappa shape index (κ3) is 1.44. The first-order chi connectivity index (χ1) is 5.70. The van der Waals surface area contributed by atoms with Gasteiger partial charge in [0.05, 0.1) is 12.6 Å². The Labute approximate surface area is 71.4 Å². The molecule has 1 aliphatic heterocycles. The molecule has 4 heteroatoms. The van der Waals surface area contributed by atoms with Crippen LogP contribution in [0.5, 0.6) is 0 Å². The lowest BCUT2D eigenvalue weighted by atomic mass is 10.0. The maximum atomic E-state index is 9.52. The molecule has 0 aromatic heterocycles. The lowest BCUT2D eigenvalue weighted by molar-refractivity contribution is 0.316. The average molecular weight is 170 g/mol. The quantitative estimate of drug-likeness (QED) is 0.456. The number of nitrogens with one attached hydrogen (secondary N) is 1. The molecule has 0 aromatic carbocycles. The zero-order valence-corrected chi connectivity index (χ0v) is 7.04. The highest BCUT2D eigenvalue weighted by molar-refractivity contribution is 5.38. The van der Waals surface area contributed by atoms with Crippen LogP contribution in [0.25, 0.3) is 0 Å². The highest BCUT2D eigenvalue weighted by Crippen LogP contribution is 2.17. The van der Waals surface area contributed by atoms with Crippen molar-refractivity contribution in [2.45, 2.75) is 13.0 Å². The fourth-order valence-electron chi connectivity index (χ4n) is 1.19. The van der Waals surface area contributed by atoms with E-state index in [1.165, 1.54) is 0 Å². The van der Waals surface area contributed by atoms with Gasteiger partial charge in [-0.15, -0.1) is 0 Å². The topological polar surface area (TPSA) is 78.5 Å². The van der Waals surface area contributed by atoms with Crippen LogP contribution >= 0.6 is 0 Å². The number of aliphatic hydroxyl groups is 2. The second-order valence-electron chi connectivity index (χ2n) is 2.78. The largest absolute Gasteiger partial charge is 0.510 e. The Bertz CT molecular complexity index is 233. The van der Waals surface area contributed by atoms with E-state index in [1.54, 1.807) is 6.20 Å². The first-order valence-corrected chi connectivity index (χ1v) is 3.89. The lowest BCUT2D eigenvalue weighted by Crippen LogP contribution is -2.31. The zero-order chi connectivity index (χ0) is 9.14. The second-order valence-corrected chi connectivity index (χ2v) is 2.78. The molecule has 1 atom stereocenters. The smallest absolute Gasteiger partial charge is 0.119 e. The summed E-state index contributed by atoms with van der Waals surface area (Å²) in [7, 11) is 0. The van der Waals surface area contributed by atoms with Crippen molar-refractivity contribution in [3.63, 3.8) is 0 Å². The Kier molecular flexibility index (Phi) is 2.73. The summed E-state index contributed by atoms with van der Waals surface area (Å²) in [5, 5.41) is 21.3. The molecule has 1 aliphatic rings. The maximum Gasteiger partial charge on any atom is 0.119 e. The van der Waals surface area contributed by atoms with Crippen LogP contribution in [0.1, 0.15) is 6.92 Å².